The topological polar surface area (TPSA) is 105 Å². The molecule has 9 nitrogen and oxygen atoms in total. The summed E-state index contributed by atoms with van der Waals surface area (Å²) in [5, 5.41) is 2.84. The maximum absolute atomic E-state index is 14.0. The molecule has 10 heteroatoms. The maximum Gasteiger partial charge on any atom is 0.264 e. The minimum Gasteiger partial charge on any atom is -0.493 e. The second-order valence-electron chi connectivity index (χ2n) is 9.34. The Bertz CT molecular complexity index is 1390. The van der Waals surface area contributed by atoms with Gasteiger partial charge in [0.15, 0.2) is 11.5 Å². The van der Waals surface area contributed by atoms with Gasteiger partial charge in [-0.05, 0) is 50.1 Å². The number of nitrogens with one attached hydrogen (secondary N) is 1. The minimum atomic E-state index is -4.18. The summed E-state index contributed by atoms with van der Waals surface area (Å²) in [4.78, 5) is 28.3. The standard InChI is InChI=1S/C30H37N3O6S/c1-6-18-31-30(35)23(3)32(20-24-14-12-22(2)13-15-24)29(34)21-33(40(36,37)26-10-8-7-9-11-26)25-16-17-27(38-4)28(19-25)39-5/h7-17,19,23H,6,18,20-21H2,1-5H3,(H,31,35)/t23-/m1/s1. The van der Waals surface area contributed by atoms with Crippen LogP contribution in [0.3, 0.4) is 0 Å². The van der Waals surface area contributed by atoms with Gasteiger partial charge in [0.25, 0.3) is 10.0 Å². The summed E-state index contributed by atoms with van der Waals surface area (Å²) in [6, 6.07) is 19.3. The Hall–Kier alpha value is -4.05. The molecule has 0 aliphatic carbocycles. The number of nitrogens with zero attached hydrogens (tertiary/aromatic N) is 2. The van der Waals surface area contributed by atoms with Crippen molar-refractivity contribution >= 4 is 27.5 Å². The number of amides is 2. The number of ether oxygens (including phenoxy) is 2. The second-order valence-corrected chi connectivity index (χ2v) is 11.2. The van der Waals surface area contributed by atoms with Gasteiger partial charge in [-0.15, -0.1) is 0 Å². The summed E-state index contributed by atoms with van der Waals surface area (Å²) < 4.78 is 39.5. The van der Waals surface area contributed by atoms with Crippen molar-refractivity contribution in [3.63, 3.8) is 0 Å². The lowest BCUT2D eigenvalue weighted by Crippen LogP contribution is -2.51. The molecule has 3 aromatic rings. The fourth-order valence-electron chi connectivity index (χ4n) is 4.10. The smallest absolute Gasteiger partial charge is 0.264 e. The summed E-state index contributed by atoms with van der Waals surface area (Å²) >= 11 is 0. The number of aryl methyl sites for hydroxylation is 1. The van der Waals surface area contributed by atoms with Gasteiger partial charge in [-0.2, -0.15) is 0 Å². The van der Waals surface area contributed by atoms with Crippen LogP contribution in [-0.4, -0.2) is 58.5 Å². The molecule has 1 N–H and O–H groups in total. The molecule has 3 rings (SSSR count). The quantitative estimate of drug-likeness (QED) is 0.333. The van der Waals surface area contributed by atoms with Gasteiger partial charge in [-0.25, -0.2) is 8.42 Å². The van der Waals surface area contributed by atoms with Gasteiger partial charge >= 0.3 is 0 Å². The number of anilines is 1. The van der Waals surface area contributed by atoms with Gasteiger partial charge in [0.1, 0.15) is 12.6 Å². The number of carbonyl (C=O) groups is 2. The van der Waals surface area contributed by atoms with E-state index in [0.29, 0.717) is 18.0 Å². The van der Waals surface area contributed by atoms with Crippen LogP contribution < -0.4 is 19.1 Å². The van der Waals surface area contributed by atoms with E-state index in [1.165, 1.54) is 37.3 Å². The summed E-state index contributed by atoms with van der Waals surface area (Å²) in [7, 11) is -1.25. The summed E-state index contributed by atoms with van der Waals surface area (Å²) in [5.74, 6) is -0.124. The molecule has 0 radical (unpaired) electrons. The third kappa shape index (κ3) is 7.32. The zero-order valence-electron chi connectivity index (χ0n) is 23.6. The van der Waals surface area contributed by atoms with Crippen molar-refractivity contribution in [1.29, 1.82) is 0 Å². The first-order valence-electron chi connectivity index (χ1n) is 13.0. The van der Waals surface area contributed by atoms with Crippen molar-refractivity contribution in [2.24, 2.45) is 0 Å². The molecular weight excluding hydrogens is 530 g/mol. The number of methoxy groups -OCH3 is 2. The number of sulfonamides is 1. The van der Waals surface area contributed by atoms with Crippen LogP contribution in [0.2, 0.25) is 0 Å². The van der Waals surface area contributed by atoms with Gasteiger partial charge in [0.2, 0.25) is 11.8 Å². The molecule has 2 amide bonds. The van der Waals surface area contributed by atoms with Crippen LogP contribution in [0, 0.1) is 6.92 Å². The van der Waals surface area contributed by atoms with Crippen LogP contribution >= 0.6 is 0 Å². The predicted octanol–water partition coefficient (Wildman–Crippen LogP) is 4.15. The second kappa shape index (κ2) is 13.8. The molecule has 0 unspecified atom stereocenters. The number of hydrogen-bond donors (Lipinski definition) is 1. The average Bonchev–Trinajstić information content (AvgIpc) is 2.97. The monoisotopic (exact) mass is 567 g/mol. The van der Waals surface area contributed by atoms with Crippen LogP contribution in [0.1, 0.15) is 31.4 Å². The van der Waals surface area contributed by atoms with Crippen molar-refractivity contribution in [2.75, 3.05) is 31.6 Å². The molecule has 3 aromatic carbocycles. The molecule has 0 fully saturated rings. The van der Waals surface area contributed by atoms with E-state index in [4.69, 9.17) is 9.47 Å². The van der Waals surface area contributed by atoms with E-state index < -0.39 is 28.5 Å². The largest absolute Gasteiger partial charge is 0.493 e. The van der Waals surface area contributed by atoms with Gasteiger partial charge < -0.3 is 19.7 Å². The summed E-state index contributed by atoms with van der Waals surface area (Å²) in [5.41, 5.74) is 2.09. The fourth-order valence-corrected chi connectivity index (χ4v) is 5.52. The molecule has 1 atom stereocenters. The Morgan fingerprint density at radius 1 is 0.925 bits per heavy atom. The van der Waals surface area contributed by atoms with E-state index in [2.05, 4.69) is 5.32 Å². The molecule has 0 spiro atoms. The van der Waals surface area contributed by atoms with Crippen LogP contribution in [0.4, 0.5) is 5.69 Å². The molecule has 0 aliphatic rings. The first-order chi connectivity index (χ1) is 19.1. The van der Waals surface area contributed by atoms with E-state index in [-0.39, 0.29) is 23.0 Å². The first-order valence-corrected chi connectivity index (χ1v) is 14.5. The number of carbonyl (C=O) groups excluding carboxylic acids is 2. The zero-order chi connectivity index (χ0) is 29.3. The van der Waals surface area contributed by atoms with Gasteiger partial charge in [-0.3, -0.25) is 13.9 Å². The average molecular weight is 568 g/mol. The highest BCUT2D eigenvalue weighted by Gasteiger charge is 2.32. The van der Waals surface area contributed by atoms with Crippen LogP contribution in [-0.2, 0) is 26.2 Å². The van der Waals surface area contributed by atoms with E-state index >= 15 is 0 Å². The molecule has 0 bridgehead atoms. The highest BCUT2D eigenvalue weighted by molar-refractivity contribution is 7.92. The Morgan fingerprint density at radius 2 is 1.57 bits per heavy atom. The van der Waals surface area contributed by atoms with Crippen molar-refractivity contribution in [1.82, 2.24) is 10.2 Å². The molecule has 214 valence electrons. The Balaban J connectivity index is 2.06. The molecule has 0 aromatic heterocycles. The number of hydrogen-bond acceptors (Lipinski definition) is 6. The summed E-state index contributed by atoms with van der Waals surface area (Å²) in [6.45, 7) is 5.60. The van der Waals surface area contributed by atoms with E-state index in [0.717, 1.165) is 21.9 Å². The lowest BCUT2D eigenvalue weighted by atomic mass is 10.1. The van der Waals surface area contributed by atoms with Crippen molar-refractivity contribution < 1.29 is 27.5 Å². The third-order valence-corrected chi connectivity index (χ3v) is 8.24. The molecule has 0 saturated carbocycles. The Labute approximate surface area is 236 Å². The van der Waals surface area contributed by atoms with E-state index in [9.17, 15) is 18.0 Å². The third-order valence-electron chi connectivity index (χ3n) is 6.46. The lowest BCUT2D eigenvalue weighted by Gasteiger charge is -2.32. The first kappa shape index (κ1) is 30.5. The van der Waals surface area contributed by atoms with Crippen LogP contribution in [0.25, 0.3) is 0 Å². The van der Waals surface area contributed by atoms with Crippen molar-refractivity contribution in [2.45, 2.75) is 44.7 Å². The van der Waals surface area contributed by atoms with Gasteiger partial charge in [0.05, 0.1) is 24.8 Å². The number of benzene rings is 3. The Morgan fingerprint density at radius 3 is 2.17 bits per heavy atom. The predicted molar refractivity (Wildman–Crippen MR) is 155 cm³/mol. The van der Waals surface area contributed by atoms with Gasteiger partial charge in [-0.1, -0.05) is 55.0 Å². The van der Waals surface area contributed by atoms with Crippen molar-refractivity contribution in [3.05, 3.63) is 83.9 Å². The van der Waals surface area contributed by atoms with E-state index in [1.807, 2.05) is 38.1 Å². The minimum absolute atomic E-state index is 0.0245. The summed E-state index contributed by atoms with van der Waals surface area (Å²) in [6.07, 6.45) is 0.743. The molecule has 0 heterocycles. The fraction of sp³-hybridized carbons (Fsp3) is 0.333. The van der Waals surface area contributed by atoms with Gasteiger partial charge in [0, 0.05) is 19.2 Å². The molecule has 40 heavy (non-hydrogen) atoms. The zero-order valence-corrected chi connectivity index (χ0v) is 24.4. The van der Waals surface area contributed by atoms with Crippen LogP contribution in [0.15, 0.2) is 77.7 Å². The van der Waals surface area contributed by atoms with Crippen molar-refractivity contribution in [3.8, 4) is 11.5 Å². The van der Waals surface area contributed by atoms with E-state index in [1.54, 1.807) is 37.3 Å². The lowest BCUT2D eigenvalue weighted by molar-refractivity contribution is -0.139. The molecule has 0 aliphatic heterocycles. The molecule has 0 saturated heterocycles. The van der Waals surface area contributed by atoms with Crippen LogP contribution in [0.5, 0.6) is 11.5 Å². The Kier molecular flexibility index (Phi) is 10.6. The highest BCUT2D eigenvalue weighted by atomic mass is 32.2. The maximum atomic E-state index is 14.0. The highest BCUT2D eigenvalue weighted by Crippen LogP contribution is 2.34. The SMILES string of the molecule is CCCNC(=O)[C@@H](C)N(Cc1ccc(C)cc1)C(=O)CN(c1ccc(OC)c(OC)c1)S(=O)(=O)c1ccccc1. The number of rotatable bonds is 13. The normalized spacial score (nSPS) is 11.8. The molecular formula is C30H37N3O6S.